The van der Waals surface area contributed by atoms with Crippen molar-refractivity contribution in [2.75, 3.05) is 5.32 Å². The molecule has 4 rings (SSSR count). The molecule has 0 bridgehead atoms. The zero-order valence-corrected chi connectivity index (χ0v) is 15.1. The molecule has 3 atom stereocenters. The molecule has 0 spiro atoms. The molecule has 0 saturated carbocycles. The second-order valence-corrected chi connectivity index (χ2v) is 7.47. The number of rotatable bonds is 3. The minimum atomic E-state index is -1.01. The molecular formula is C19H15BrN2O4. The minimum absolute atomic E-state index is 0.0341. The maximum Gasteiger partial charge on any atom is 0.337 e. The Labute approximate surface area is 157 Å². The summed E-state index contributed by atoms with van der Waals surface area (Å²) >= 11 is 3.40. The Balaban J connectivity index is 1.85. The van der Waals surface area contributed by atoms with Crippen molar-refractivity contribution >= 4 is 33.3 Å². The number of nitro benzene ring substituents is 1. The molecule has 26 heavy (non-hydrogen) atoms. The summed E-state index contributed by atoms with van der Waals surface area (Å²) < 4.78 is 0.725. The second kappa shape index (κ2) is 6.25. The molecule has 0 unspecified atom stereocenters. The number of benzene rings is 2. The number of nitrogens with one attached hydrogen (secondary N) is 1. The van der Waals surface area contributed by atoms with Crippen LogP contribution in [-0.2, 0) is 0 Å². The van der Waals surface area contributed by atoms with Gasteiger partial charge in [0.1, 0.15) is 0 Å². The van der Waals surface area contributed by atoms with Gasteiger partial charge in [0.2, 0.25) is 0 Å². The number of nitrogens with zero attached hydrogens (tertiary/aromatic N) is 1. The number of allylic oxidation sites excluding steroid dienone is 2. The fourth-order valence-electron chi connectivity index (χ4n) is 3.99. The Hall–Kier alpha value is -2.67. The molecule has 0 saturated heterocycles. The lowest BCUT2D eigenvalue weighted by Crippen LogP contribution is -2.30. The Kier molecular flexibility index (Phi) is 4.03. The zero-order chi connectivity index (χ0) is 18.4. The molecule has 2 aliphatic rings. The molecule has 0 amide bonds. The SMILES string of the molecule is O=C(O)c1cc(Br)cc2c1N[C@@H](c1cccc([N+](=O)[O-])c1)[C@H]1CC=C[C@H]21. The molecule has 2 N–H and O–H groups in total. The first-order valence-corrected chi connectivity index (χ1v) is 8.99. The largest absolute Gasteiger partial charge is 0.478 e. The van der Waals surface area contributed by atoms with E-state index in [1.807, 2.05) is 12.1 Å². The molecule has 0 radical (unpaired) electrons. The van der Waals surface area contributed by atoms with Gasteiger partial charge >= 0.3 is 5.97 Å². The van der Waals surface area contributed by atoms with Crippen LogP contribution < -0.4 is 5.32 Å². The Bertz CT molecular complexity index is 957. The van der Waals surface area contributed by atoms with Crippen LogP contribution in [0.15, 0.2) is 53.0 Å². The van der Waals surface area contributed by atoms with E-state index in [1.54, 1.807) is 18.2 Å². The normalized spacial score (nSPS) is 23.0. The monoisotopic (exact) mass is 414 g/mol. The predicted molar refractivity (Wildman–Crippen MR) is 101 cm³/mol. The molecule has 2 aromatic carbocycles. The van der Waals surface area contributed by atoms with E-state index in [0.29, 0.717) is 5.69 Å². The van der Waals surface area contributed by atoms with Crippen molar-refractivity contribution in [1.29, 1.82) is 0 Å². The molecule has 1 aliphatic heterocycles. The van der Waals surface area contributed by atoms with Gasteiger partial charge in [-0.3, -0.25) is 10.1 Å². The van der Waals surface area contributed by atoms with Crippen LogP contribution in [0.3, 0.4) is 0 Å². The molecular weight excluding hydrogens is 400 g/mol. The Morgan fingerprint density at radius 3 is 2.85 bits per heavy atom. The highest BCUT2D eigenvalue weighted by Gasteiger charge is 2.40. The Morgan fingerprint density at radius 2 is 2.12 bits per heavy atom. The maximum atomic E-state index is 11.7. The number of non-ortho nitro benzene ring substituents is 1. The van der Waals surface area contributed by atoms with Crippen molar-refractivity contribution < 1.29 is 14.8 Å². The van der Waals surface area contributed by atoms with Gasteiger partial charge in [-0.05, 0) is 35.6 Å². The van der Waals surface area contributed by atoms with Gasteiger partial charge in [0.25, 0.3) is 5.69 Å². The number of fused-ring (bicyclic) bond motifs is 3. The third-order valence-electron chi connectivity index (χ3n) is 5.10. The lowest BCUT2D eigenvalue weighted by molar-refractivity contribution is -0.384. The van der Waals surface area contributed by atoms with Crippen molar-refractivity contribution in [2.24, 2.45) is 5.92 Å². The molecule has 2 aromatic rings. The predicted octanol–water partition coefficient (Wildman–Crippen LogP) is 4.88. The van der Waals surface area contributed by atoms with Gasteiger partial charge in [-0.1, -0.05) is 40.2 Å². The van der Waals surface area contributed by atoms with E-state index in [4.69, 9.17) is 0 Å². The first kappa shape index (κ1) is 16.8. The number of nitro groups is 1. The third-order valence-corrected chi connectivity index (χ3v) is 5.56. The summed E-state index contributed by atoms with van der Waals surface area (Å²) in [6, 6.07) is 9.89. The van der Waals surface area contributed by atoms with E-state index in [1.165, 1.54) is 6.07 Å². The van der Waals surface area contributed by atoms with Crippen LogP contribution in [0, 0.1) is 16.0 Å². The molecule has 132 valence electrons. The molecule has 0 fully saturated rings. The summed E-state index contributed by atoms with van der Waals surface area (Å²) in [6.45, 7) is 0. The number of aromatic carboxylic acids is 1. The quantitative estimate of drug-likeness (QED) is 0.424. The molecule has 7 heteroatoms. The first-order chi connectivity index (χ1) is 12.5. The summed E-state index contributed by atoms with van der Waals surface area (Å²) in [7, 11) is 0. The summed E-state index contributed by atoms with van der Waals surface area (Å²) in [5.41, 5.74) is 2.56. The van der Waals surface area contributed by atoms with Gasteiger partial charge < -0.3 is 10.4 Å². The van der Waals surface area contributed by atoms with E-state index in [0.717, 1.165) is 22.0 Å². The number of carbonyl (C=O) groups is 1. The first-order valence-electron chi connectivity index (χ1n) is 8.20. The van der Waals surface area contributed by atoms with E-state index < -0.39 is 10.9 Å². The van der Waals surface area contributed by atoms with Crippen LogP contribution in [0.4, 0.5) is 11.4 Å². The molecule has 1 aliphatic carbocycles. The second-order valence-electron chi connectivity index (χ2n) is 6.55. The number of carboxylic acid groups (broad SMARTS) is 1. The highest BCUT2D eigenvalue weighted by Crippen LogP contribution is 2.51. The number of hydrogen-bond acceptors (Lipinski definition) is 4. The number of halogens is 1. The highest BCUT2D eigenvalue weighted by atomic mass is 79.9. The number of carboxylic acids is 1. The molecule has 1 heterocycles. The van der Waals surface area contributed by atoms with E-state index in [9.17, 15) is 20.0 Å². The number of anilines is 1. The topological polar surface area (TPSA) is 92.5 Å². The summed E-state index contributed by atoms with van der Waals surface area (Å²) in [6.07, 6.45) is 5.03. The average Bonchev–Trinajstić information content (AvgIpc) is 3.10. The standard InChI is InChI=1S/C19H15BrN2O4/c20-11-8-15-13-5-2-6-14(13)17(21-18(15)16(9-11)19(23)24)10-3-1-4-12(7-10)22(25)26/h1-5,7-9,13-14,17,21H,6H2,(H,23,24)/t13-,14-,17-/m0/s1. The van der Waals surface area contributed by atoms with Gasteiger partial charge in [-0.25, -0.2) is 4.79 Å². The van der Waals surface area contributed by atoms with Crippen LogP contribution in [0.5, 0.6) is 0 Å². The van der Waals surface area contributed by atoms with Gasteiger partial charge in [0.05, 0.1) is 22.2 Å². The van der Waals surface area contributed by atoms with Gasteiger partial charge in [-0.15, -0.1) is 0 Å². The fourth-order valence-corrected chi connectivity index (χ4v) is 4.47. The molecule has 6 nitrogen and oxygen atoms in total. The van der Waals surface area contributed by atoms with Crippen LogP contribution in [0.2, 0.25) is 0 Å². The van der Waals surface area contributed by atoms with Gasteiger partial charge in [-0.2, -0.15) is 0 Å². The fraction of sp³-hybridized carbons (Fsp3) is 0.211. The van der Waals surface area contributed by atoms with Crippen molar-refractivity contribution in [3.8, 4) is 0 Å². The van der Waals surface area contributed by atoms with Crippen LogP contribution in [0.1, 0.15) is 39.9 Å². The lowest BCUT2D eigenvalue weighted by atomic mass is 9.76. The Morgan fingerprint density at radius 1 is 1.31 bits per heavy atom. The van der Waals surface area contributed by atoms with E-state index in [2.05, 4.69) is 33.4 Å². The van der Waals surface area contributed by atoms with Crippen LogP contribution >= 0.6 is 15.9 Å². The molecule has 0 aromatic heterocycles. The van der Waals surface area contributed by atoms with Crippen molar-refractivity contribution in [2.45, 2.75) is 18.4 Å². The number of hydrogen-bond donors (Lipinski definition) is 2. The third kappa shape index (κ3) is 2.68. The maximum absolute atomic E-state index is 11.7. The minimum Gasteiger partial charge on any atom is -0.478 e. The van der Waals surface area contributed by atoms with Crippen molar-refractivity contribution in [3.63, 3.8) is 0 Å². The zero-order valence-electron chi connectivity index (χ0n) is 13.6. The van der Waals surface area contributed by atoms with Crippen molar-refractivity contribution in [3.05, 3.63) is 79.8 Å². The van der Waals surface area contributed by atoms with Gasteiger partial charge in [0, 0.05) is 22.5 Å². The van der Waals surface area contributed by atoms with E-state index in [-0.39, 0.29) is 29.1 Å². The smallest absolute Gasteiger partial charge is 0.337 e. The average molecular weight is 415 g/mol. The van der Waals surface area contributed by atoms with Crippen LogP contribution in [0.25, 0.3) is 0 Å². The van der Waals surface area contributed by atoms with E-state index >= 15 is 0 Å². The summed E-state index contributed by atoms with van der Waals surface area (Å²) in [5.74, 6) is -0.750. The van der Waals surface area contributed by atoms with Gasteiger partial charge in [0.15, 0.2) is 0 Å². The van der Waals surface area contributed by atoms with Crippen LogP contribution in [-0.4, -0.2) is 16.0 Å². The highest BCUT2D eigenvalue weighted by molar-refractivity contribution is 9.10. The van der Waals surface area contributed by atoms with Crippen molar-refractivity contribution in [1.82, 2.24) is 0 Å². The lowest BCUT2D eigenvalue weighted by Gasteiger charge is -2.38. The summed E-state index contributed by atoms with van der Waals surface area (Å²) in [4.78, 5) is 22.5. The summed E-state index contributed by atoms with van der Waals surface area (Å²) in [5, 5.41) is 24.1.